The number of nitrogens with zero attached hydrogens (tertiary/aromatic N) is 14. The third-order valence-electron chi connectivity index (χ3n) is 19.8. The molecule has 1 aliphatic rings. The van der Waals surface area contributed by atoms with Gasteiger partial charge < -0.3 is 128 Å². The lowest BCUT2D eigenvalue weighted by Gasteiger charge is -2.17. The molecule has 0 fully saturated rings. The molecule has 0 bridgehead atoms. The molecule has 0 aliphatic carbocycles. The van der Waals surface area contributed by atoms with E-state index in [1.54, 1.807) is 89.3 Å². The predicted octanol–water partition coefficient (Wildman–Crippen LogP) is 3.91. The number of aliphatic imine (C=N–C) groups is 1. The lowest BCUT2D eigenvalue weighted by atomic mass is 10.00. The van der Waals surface area contributed by atoms with Crippen molar-refractivity contribution in [2.75, 3.05) is 192 Å². The highest BCUT2D eigenvalue weighted by molar-refractivity contribution is 6.30. The van der Waals surface area contributed by atoms with Crippen LogP contribution in [0.5, 0.6) is 5.75 Å². The zero-order chi connectivity index (χ0) is 92.1. The number of methoxy groups -OCH3 is 1. The minimum atomic E-state index is -0.643. The number of anilines is 5. The molecule has 10 rings (SSSR count). The summed E-state index contributed by atoms with van der Waals surface area (Å²) >= 11 is 6.23. The molecule has 0 spiro atoms. The summed E-state index contributed by atoms with van der Waals surface area (Å²) < 4.78 is 61.2. The molecule has 1 atom stereocenters. The van der Waals surface area contributed by atoms with Gasteiger partial charge in [-0.3, -0.25) is 57.5 Å². The summed E-state index contributed by atoms with van der Waals surface area (Å²) in [4.78, 5) is 150. The third-order valence-corrected chi connectivity index (χ3v) is 20.0. The lowest BCUT2D eigenvalue weighted by Crippen LogP contribution is -2.31. The fourth-order valence-electron chi connectivity index (χ4n) is 13.3. The SMILES string of the molecule is COc1ccc2c(c1)C(c1ccc(Cl)cc1)=N[C@@H](CC(=O)NCCOCCOCCOCCOCCOCCOCCOCCOCCC(=O)NCCCN(C)CCCNC(=O)c1cc(NC(=O)c3nc(NC(=O)CCNC(=O)c4cc(NC(=O)c5nc(NC(=O)CCNC(=O)c6cc(NC(=O)c7nccn7C)cn6C)cn5C)cn4C)cn3C)cn1C)c1nnc(C)n1-2. The van der Waals surface area contributed by atoms with Crippen LogP contribution >= 0.6 is 11.6 Å². The van der Waals surface area contributed by atoms with Gasteiger partial charge in [0.25, 0.3) is 35.4 Å². The quantitative estimate of drug-likeness (QED) is 0.0242. The van der Waals surface area contributed by atoms with E-state index in [9.17, 15) is 47.9 Å². The third kappa shape index (κ3) is 30.7. The molecule has 44 heteroatoms. The Kier molecular flexibility index (Phi) is 38.6. The van der Waals surface area contributed by atoms with E-state index in [0.29, 0.717) is 177 Å². The van der Waals surface area contributed by atoms with Gasteiger partial charge in [-0.1, -0.05) is 23.7 Å². The molecule has 10 amide bonds. The second kappa shape index (κ2) is 50.6. The average molecular weight is 1810 g/mol. The summed E-state index contributed by atoms with van der Waals surface area (Å²) in [6.07, 6.45) is 12.1. The van der Waals surface area contributed by atoms with Gasteiger partial charge in [0.15, 0.2) is 23.3 Å². The van der Waals surface area contributed by atoms with Crippen molar-refractivity contribution in [2.45, 2.75) is 51.5 Å². The summed E-state index contributed by atoms with van der Waals surface area (Å²) in [6, 6.07) is 17.0. The number of imidazole rings is 3. The van der Waals surface area contributed by atoms with Crippen LogP contribution in [0.25, 0.3) is 5.69 Å². The Morgan fingerprint density at radius 3 is 1.33 bits per heavy atom. The van der Waals surface area contributed by atoms with Crippen molar-refractivity contribution >= 4 is 105 Å². The Balaban J connectivity index is 0.472. The van der Waals surface area contributed by atoms with Crippen LogP contribution in [0, 0.1) is 6.92 Å². The van der Waals surface area contributed by atoms with Crippen LogP contribution < -0.4 is 57.9 Å². The molecule has 10 N–H and O–H groups in total. The van der Waals surface area contributed by atoms with E-state index >= 15 is 0 Å². The maximum atomic E-state index is 13.4. The molecular formula is C85H113ClN24O19. The van der Waals surface area contributed by atoms with Crippen molar-refractivity contribution in [1.29, 1.82) is 0 Å². The van der Waals surface area contributed by atoms with Crippen LogP contribution in [0.1, 0.15) is 131 Å². The van der Waals surface area contributed by atoms with E-state index in [1.807, 2.05) is 48.9 Å². The first-order valence-electron chi connectivity index (χ1n) is 42.0. The number of benzene rings is 2. The van der Waals surface area contributed by atoms with E-state index in [1.165, 1.54) is 61.3 Å². The second-order valence-electron chi connectivity index (χ2n) is 29.8. The molecule has 9 aromatic rings. The highest BCUT2D eigenvalue weighted by atomic mass is 35.5. The summed E-state index contributed by atoms with van der Waals surface area (Å²) in [7, 11) is 13.3. The molecular weight excluding hydrogens is 1700 g/mol. The zero-order valence-electron chi connectivity index (χ0n) is 73.8. The van der Waals surface area contributed by atoms with E-state index in [2.05, 4.69) is 83.2 Å². The van der Waals surface area contributed by atoms with Crippen molar-refractivity contribution in [3.05, 3.63) is 166 Å². The maximum Gasteiger partial charge on any atom is 0.291 e. The van der Waals surface area contributed by atoms with Crippen molar-refractivity contribution in [3.63, 3.8) is 0 Å². The number of rotatable bonds is 56. The molecule has 43 nitrogen and oxygen atoms in total. The van der Waals surface area contributed by atoms with Crippen molar-refractivity contribution in [2.24, 2.45) is 47.3 Å². The van der Waals surface area contributed by atoms with Gasteiger partial charge in [-0.05, 0) is 88.4 Å². The van der Waals surface area contributed by atoms with E-state index in [4.69, 9.17) is 59.2 Å². The Bertz CT molecular complexity index is 5300. The Hall–Kier alpha value is -12.9. The molecule has 8 heterocycles. The van der Waals surface area contributed by atoms with Gasteiger partial charge in [-0.15, -0.1) is 10.2 Å². The van der Waals surface area contributed by atoms with Gasteiger partial charge in [-0.2, -0.15) is 0 Å². The van der Waals surface area contributed by atoms with Gasteiger partial charge in [0.2, 0.25) is 35.3 Å². The largest absolute Gasteiger partial charge is 0.497 e. The zero-order valence-corrected chi connectivity index (χ0v) is 74.6. The fraction of sp³-hybridized carbons (Fsp3) is 0.459. The standard InChI is InChI=1S/C85H113ClN24O19/c1-56-101-102-76-64(96-75(57-12-14-58(86)15-13-57)63-49-62(121-9)16-17-65(63)110(56)76)50-74(114)88-26-31-123-33-35-125-37-39-127-41-43-129-45-44-128-42-40-126-38-36-124-34-32-122-30-20-71(111)87-21-10-27-103(2)28-11-22-90-80(115)66-47-60(52-105(66)4)94-84(119)78-99-69(54-108(78)7)97-73(113)19-24-92-82(117)68-48-61(53-107(68)6)95-85(120)79-100-70(55-109(79)8)98-72(112)18-23-91-81(116)67-46-59(51-106(67)5)93-83(118)77-89-25-29-104(77)3/h12-17,25,29,46-49,51-55,64H,10-11,18-24,26-28,30-45,50H2,1-9H3,(H,87,111)(H,88,114)(H,90,115)(H,91,116)(H,92,117)(H,93,118)(H,94,119)(H,95,120)(H,97,113)(H,98,112)/t64-/m0/s1. The van der Waals surface area contributed by atoms with Gasteiger partial charge in [0.1, 0.15) is 34.7 Å². The number of aryl methyl sites for hydroxylation is 7. The second-order valence-corrected chi connectivity index (χ2v) is 30.2. The van der Waals surface area contributed by atoms with Crippen molar-refractivity contribution < 1.29 is 90.6 Å². The van der Waals surface area contributed by atoms with Crippen LogP contribution in [-0.2, 0) is 99.4 Å². The number of nitrogens with one attached hydrogen (secondary N) is 10. The highest BCUT2D eigenvalue weighted by Crippen LogP contribution is 2.35. The van der Waals surface area contributed by atoms with E-state index < -0.39 is 47.4 Å². The molecule has 694 valence electrons. The van der Waals surface area contributed by atoms with Gasteiger partial charge >= 0.3 is 0 Å². The Morgan fingerprint density at radius 1 is 0.434 bits per heavy atom. The normalized spacial score (nSPS) is 12.2. The van der Waals surface area contributed by atoms with Gasteiger partial charge in [0, 0.05) is 154 Å². The maximum absolute atomic E-state index is 13.4. The van der Waals surface area contributed by atoms with Crippen LogP contribution in [-0.4, -0.2) is 292 Å². The minimum absolute atomic E-state index is 0.0311. The number of amides is 10. The summed E-state index contributed by atoms with van der Waals surface area (Å²) in [5, 5.41) is 36.9. The topological polar surface area (TPSA) is 489 Å². The smallest absolute Gasteiger partial charge is 0.291 e. The number of fused-ring (bicyclic) bond motifs is 3. The van der Waals surface area contributed by atoms with Crippen LogP contribution in [0.2, 0.25) is 5.02 Å². The number of aromatic nitrogens is 12. The number of hydrogen-bond donors (Lipinski definition) is 10. The van der Waals surface area contributed by atoms with Crippen LogP contribution in [0.15, 0.2) is 109 Å². The predicted molar refractivity (Wildman–Crippen MR) is 474 cm³/mol. The number of hydrogen-bond acceptors (Lipinski definition) is 26. The first-order chi connectivity index (χ1) is 62.3. The lowest BCUT2D eigenvalue weighted by molar-refractivity contribution is -0.122. The number of carbonyl (C=O) groups excluding carboxylic acids is 10. The van der Waals surface area contributed by atoms with Crippen LogP contribution in [0.3, 0.4) is 0 Å². The molecule has 0 radical (unpaired) electrons. The monoisotopic (exact) mass is 1810 g/mol. The fourth-order valence-corrected chi connectivity index (χ4v) is 13.4. The molecule has 1 aliphatic heterocycles. The van der Waals surface area contributed by atoms with Gasteiger partial charge in [0.05, 0.1) is 148 Å². The molecule has 0 saturated heterocycles. The summed E-state index contributed by atoms with van der Waals surface area (Å²) in [5.74, 6) is -2.20. The first-order valence-corrected chi connectivity index (χ1v) is 42.4. The Morgan fingerprint density at radius 2 is 0.868 bits per heavy atom. The number of ether oxygens (including phenoxy) is 9. The van der Waals surface area contributed by atoms with Crippen molar-refractivity contribution in [3.8, 4) is 11.4 Å². The molecule has 0 unspecified atom stereocenters. The number of carbonyl (C=O) groups is 10. The number of halogens is 1. The molecule has 7 aromatic heterocycles. The van der Waals surface area contributed by atoms with Gasteiger partial charge in [-0.25, -0.2) is 15.0 Å². The highest BCUT2D eigenvalue weighted by Gasteiger charge is 2.31. The van der Waals surface area contributed by atoms with E-state index in [0.717, 1.165) is 29.8 Å². The molecule has 0 saturated carbocycles. The summed E-state index contributed by atoms with van der Waals surface area (Å²) in [5.41, 5.74) is 4.85. The first kappa shape index (κ1) is 98.3. The minimum Gasteiger partial charge on any atom is -0.497 e. The van der Waals surface area contributed by atoms with Crippen molar-refractivity contribution in [1.82, 2.24) is 88.6 Å². The Labute approximate surface area is 749 Å². The molecule has 2 aromatic carbocycles. The average Bonchev–Trinajstić information content (AvgIpc) is 1.61. The summed E-state index contributed by atoms with van der Waals surface area (Å²) in [6.45, 7) is 10.5. The van der Waals surface area contributed by atoms with Crippen LogP contribution in [0.4, 0.5) is 28.7 Å². The molecule has 129 heavy (non-hydrogen) atoms. The van der Waals surface area contributed by atoms with E-state index in [-0.39, 0.29) is 109 Å².